The fourth-order valence-corrected chi connectivity index (χ4v) is 6.00. The molecule has 3 rings (SSSR count). The van der Waals surface area contributed by atoms with Crippen molar-refractivity contribution in [3.63, 3.8) is 0 Å². The average Bonchev–Trinajstić information content (AvgIpc) is 3.07. The van der Waals surface area contributed by atoms with E-state index in [0.717, 1.165) is 50.1 Å². The van der Waals surface area contributed by atoms with Gasteiger partial charge in [-0.15, -0.1) is 23.7 Å². The van der Waals surface area contributed by atoms with Gasteiger partial charge in [0.1, 0.15) is 4.21 Å². The van der Waals surface area contributed by atoms with Crippen LogP contribution in [-0.2, 0) is 10.0 Å². The van der Waals surface area contributed by atoms with Crippen molar-refractivity contribution in [2.75, 3.05) is 26.2 Å². The SMILES string of the molecule is CC1CCN(S(=O)(=O)c2ccc(C(=O)NC3CCCNC3)s2)CC1.Cl. The summed E-state index contributed by atoms with van der Waals surface area (Å²) in [5.41, 5.74) is 0. The van der Waals surface area contributed by atoms with Crippen molar-refractivity contribution >= 4 is 39.7 Å². The molecule has 1 unspecified atom stereocenters. The fraction of sp³-hybridized carbons (Fsp3) is 0.688. The summed E-state index contributed by atoms with van der Waals surface area (Å²) in [7, 11) is -3.47. The van der Waals surface area contributed by atoms with Gasteiger partial charge in [0.15, 0.2) is 0 Å². The van der Waals surface area contributed by atoms with Crippen LogP contribution in [0.2, 0.25) is 0 Å². The predicted octanol–water partition coefficient (Wildman–Crippen LogP) is 2.07. The number of piperidine rings is 2. The highest BCUT2D eigenvalue weighted by molar-refractivity contribution is 7.91. The summed E-state index contributed by atoms with van der Waals surface area (Å²) in [6.07, 6.45) is 3.79. The topological polar surface area (TPSA) is 78.5 Å². The minimum atomic E-state index is -3.47. The van der Waals surface area contributed by atoms with Crippen LogP contribution >= 0.6 is 23.7 Å². The second-order valence-electron chi connectivity index (χ2n) is 6.72. The number of hydrogen-bond acceptors (Lipinski definition) is 5. The highest BCUT2D eigenvalue weighted by Gasteiger charge is 2.30. The molecule has 2 aliphatic rings. The number of amides is 1. The first-order valence-corrected chi connectivity index (χ1v) is 10.8. The largest absolute Gasteiger partial charge is 0.347 e. The molecule has 1 amide bonds. The van der Waals surface area contributed by atoms with Crippen LogP contribution in [0.25, 0.3) is 0 Å². The van der Waals surface area contributed by atoms with Crippen LogP contribution in [0.15, 0.2) is 16.3 Å². The summed E-state index contributed by atoms with van der Waals surface area (Å²) in [4.78, 5) is 12.8. The molecule has 1 aromatic rings. The Kier molecular flexibility index (Phi) is 7.28. The van der Waals surface area contributed by atoms with E-state index in [2.05, 4.69) is 17.6 Å². The molecule has 25 heavy (non-hydrogen) atoms. The maximum atomic E-state index is 12.7. The molecule has 1 atom stereocenters. The van der Waals surface area contributed by atoms with Crippen molar-refractivity contribution < 1.29 is 13.2 Å². The number of nitrogens with one attached hydrogen (secondary N) is 2. The van der Waals surface area contributed by atoms with Gasteiger partial charge in [-0.25, -0.2) is 8.42 Å². The first-order valence-electron chi connectivity index (χ1n) is 8.58. The maximum Gasteiger partial charge on any atom is 0.261 e. The van der Waals surface area contributed by atoms with Crippen LogP contribution < -0.4 is 10.6 Å². The zero-order valence-electron chi connectivity index (χ0n) is 14.4. The smallest absolute Gasteiger partial charge is 0.261 e. The molecule has 0 spiro atoms. The van der Waals surface area contributed by atoms with Gasteiger partial charge in [0.05, 0.1) is 4.88 Å². The van der Waals surface area contributed by atoms with E-state index in [9.17, 15) is 13.2 Å². The molecule has 2 saturated heterocycles. The van der Waals surface area contributed by atoms with E-state index in [1.807, 2.05) is 0 Å². The number of sulfonamides is 1. The third kappa shape index (κ3) is 4.95. The number of carbonyl (C=O) groups is 1. The number of halogens is 1. The van der Waals surface area contributed by atoms with Gasteiger partial charge >= 0.3 is 0 Å². The normalized spacial score (nSPS) is 23.0. The Labute approximate surface area is 159 Å². The third-order valence-corrected chi connectivity index (χ3v) is 8.22. The Morgan fingerprint density at radius 3 is 2.64 bits per heavy atom. The number of rotatable bonds is 4. The van der Waals surface area contributed by atoms with Gasteiger partial charge in [-0.1, -0.05) is 6.92 Å². The molecule has 0 radical (unpaired) electrons. The van der Waals surface area contributed by atoms with Crippen molar-refractivity contribution in [3.8, 4) is 0 Å². The summed E-state index contributed by atoms with van der Waals surface area (Å²) in [5.74, 6) is 0.396. The molecule has 2 aliphatic heterocycles. The highest BCUT2D eigenvalue weighted by atomic mass is 35.5. The lowest BCUT2D eigenvalue weighted by atomic mass is 10.0. The number of nitrogens with zero attached hydrogens (tertiary/aromatic N) is 1. The number of carbonyl (C=O) groups excluding carboxylic acids is 1. The Balaban J connectivity index is 0.00000225. The molecule has 0 bridgehead atoms. The Bertz CT molecular complexity index is 679. The van der Waals surface area contributed by atoms with Crippen LogP contribution in [0, 0.1) is 5.92 Å². The molecule has 2 fully saturated rings. The van der Waals surface area contributed by atoms with Crippen LogP contribution in [0.1, 0.15) is 42.3 Å². The van der Waals surface area contributed by atoms with Gasteiger partial charge in [0.2, 0.25) is 0 Å². The van der Waals surface area contributed by atoms with E-state index >= 15 is 0 Å². The van der Waals surface area contributed by atoms with Gasteiger partial charge < -0.3 is 10.6 Å². The van der Waals surface area contributed by atoms with Gasteiger partial charge in [-0.3, -0.25) is 4.79 Å². The molecular formula is C16H26ClN3O3S2. The molecule has 3 heterocycles. The van der Waals surface area contributed by atoms with E-state index < -0.39 is 10.0 Å². The average molecular weight is 408 g/mol. The Morgan fingerprint density at radius 2 is 2.00 bits per heavy atom. The van der Waals surface area contributed by atoms with Crippen molar-refractivity contribution in [2.24, 2.45) is 5.92 Å². The molecule has 2 N–H and O–H groups in total. The van der Waals surface area contributed by atoms with E-state index in [0.29, 0.717) is 23.9 Å². The van der Waals surface area contributed by atoms with Crippen LogP contribution in [0.4, 0.5) is 0 Å². The first-order chi connectivity index (χ1) is 11.5. The Morgan fingerprint density at radius 1 is 1.28 bits per heavy atom. The lowest BCUT2D eigenvalue weighted by molar-refractivity contribution is 0.0935. The summed E-state index contributed by atoms with van der Waals surface area (Å²) >= 11 is 1.07. The molecule has 6 nitrogen and oxygen atoms in total. The van der Waals surface area contributed by atoms with Crippen molar-refractivity contribution in [1.29, 1.82) is 0 Å². The summed E-state index contributed by atoms with van der Waals surface area (Å²) in [6, 6.07) is 3.30. The fourth-order valence-electron chi connectivity index (χ4n) is 3.16. The predicted molar refractivity (Wildman–Crippen MR) is 102 cm³/mol. The second-order valence-corrected chi connectivity index (χ2v) is 9.97. The van der Waals surface area contributed by atoms with Crippen LogP contribution in [0.3, 0.4) is 0 Å². The summed E-state index contributed by atoms with van der Waals surface area (Å²) in [6.45, 7) is 5.04. The number of hydrogen-bond donors (Lipinski definition) is 2. The minimum Gasteiger partial charge on any atom is -0.347 e. The van der Waals surface area contributed by atoms with Crippen LogP contribution in [-0.4, -0.2) is 50.9 Å². The molecule has 9 heteroatoms. The molecule has 0 saturated carbocycles. The van der Waals surface area contributed by atoms with Gasteiger partial charge in [-0.2, -0.15) is 4.31 Å². The first kappa shape index (κ1) is 20.6. The molecule has 0 aromatic carbocycles. The lowest BCUT2D eigenvalue weighted by Crippen LogP contribution is -2.45. The molecule has 142 valence electrons. The monoisotopic (exact) mass is 407 g/mol. The van der Waals surface area contributed by atoms with E-state index in [4.69, 9.17) is 0 Å². The van der Waals surface area contributed by atoms with Gasteiger partial charge in [-0.05, 0) is 50.3 Å². The second kappa shape index (κ2) is 8.81. The van der Waals surface area contributed by atoms with Crippen LogP contribution in [0.5, 0.6) is 0 Å². The summed E-state index contributed by atoms with van der Waals surface area (Å²) in [5, 5.41) is 6.24. The van der Waals surface area contributed by atoms with Gasteiger partial charge in [0, 0.05) is 25.7 Å². The van der Waals surface area contributed by atoms with E-state index in [1.165, 1.54) is 0 Å². The van der Waals surface area contributed by atoms with E-state index in [1.54, 1.807) is 16.4 Å². The van der Waals surface area contributed by atoms with Crippen molar-refractivity contribution in [2.45, 2.75) is 42.9 Å². The zero-order chi connectivity index (χ0) is 17.2. The molecule has 1 aromatic heterocycles. The molecule has 0 aliphatic carbocycles. The Hall–Kier alpha value is -0.670. The summed E-state index contributed by atoms with van der Waals surface area (Å²) < 4.78 is 27.2. The van der Waals surface area contributed by atoms with Crippen molar-refractivity contribution in [3.05, 3.63) is 17.0 Å². The standard InChI is InChI=1S/C16H25N3O3S2.ClH/c1-12-6-9-19(10-7-12)24(21,22)15-5-4-14(23-15)16(20)18-13-3-2-8-17-11-13;/h4-5,12-13,17H,2-3,6-11H2,1H3,(H,18,20);1H. The number of thiophene rings is 1. The minimum absolute atomic E-state index is 0. The quantitative estimate of drug-likeness (QED) is 0.800. The highest BCUT2D eigenvalue weighted by Crippen LogP contribution is 2.28. The molecular weight excluding hydrogens is 382 g/mol. The van der Waals surface area contributed by atoms with Gasteiger partial charge in [0.25, 0.3) is 15.9 Å². The van der Waals surface area contributed by atoms with Crippen molar-refractivity contribution in [1.82, 2.24) is 14.9 Å². The zero-order valence-corrected chi connectivity index (χ0v) is 16.8. The van der Waals surface area contributed by atoms with E-state index in [-0.39, 0.29) is 28.6 Å². The lowest BCUT2D eigenvalue weighted by Gasteiger charge is -2.28. The maximum absolute atomic E-state index is 12.7. The third-order valence-electron chi connectivity index (χ3n) is 4.77.